The van der Waals surface area contributed by atoms with Crippen LogP contribution in [0.1, 0.15) is 19.3 Å². The Morgan fingerprint density at radius 2 is 2.00 bits per heavy atom. The molecular formula is C15H19ClN2O. The first-order valence-corrected chi connectivity index (χ1v) is 7.38. The zero-order valence-electron chi connectivity index (χ0n) is 10.9. The lowest BCUT2D eigenvalue weighted by Crippen LogP contribution is -2.31. The number of hydrogen-bond acceptors (Lipinski definition) is 2. The quantitative estimate of drug-likeness (QED) is 0.918. The molecule has 1 aliphatic carbocycles. The predicted octanol–water partition coefficient (Wildman–Crippen LogP) is 2.69. The number of nitrogens with zero attached hydrogens (tertiary/aromatic N) is 1. The van der Waals surface area contributed by atoms with Gasteiger partial charge < -0.3 is 10.2 Å². The van der Waals surface area contributed by atoms with Crippen LogP contribution in [0.3, 0.4) is 0 Å². The molecule has 2 aliphatic rings. The van der Waals surface area contributed by atoms with Crippen LogP contribution in [0.25, 0.3) is 0 Å². The first-order valence-electron chi connectivity index (χ1n) is 7.00. The smallest absolute Gasteiger partial charge is 0.223 e. The largest absolute Gasteiger partial charge is 0.371 e. The van der Waals surface area contributed by atoms with Crippen LogP contribution in [0.2, 0.25) is 5.02 Å². The van der Waals surface area contributed by atoms with Crippen LogP contribution in [0.15, 0.2) is 24.3 Å². The summed E-state index contributed by atoms with van der Waals surface area (Å²) in [5.41, 5.74) is 1.22. The summed E-state index contributed by atoms with van der Waals surface area (Å²) in [6.07, 6.45) is 3.30. The van der Waals surface area contributed by atoms with E-state index in [1.165, 1.54) is 5.69 Å². The molecule has 1 saturated carbocycles. The summed E-state index contributed by atoms with van der Waals surface area (Å²) in [6, 6.07) is 7.99. The van der Waals surface area contributed by atoms with E-state index in [9.17, 15) is 4.79 Å². The highest BCUT2D eigenvalue weighted by atomic mass is 35.5. The fourth-order valence-corrected chi connectivity index (χ4v) is 2.75. The van der Waals surface area contributed by atoms with Gasteiger partial charge in [0.2, 0.25) is 5.91 Å². The van der Waals surface area contributed by atoms with E-state index in [1.54, 1.807) is 0 Å². The summed E-state index contributed by atoms with van der Waals surface area (Å²) >= 11 is 5.90. The number of carbonyl (C=O) groups is 1. The lowest BCUT2D eigenvalue weighted by molar-refractivity contribution is -0.122. The maximum absolute atomic E-state index is 11.6. The van der Waals surface area contributed by atoms with Gasteiger partial charge in [0.25, 0.3) is 0 Å². The summed E-state index contributed by atoms with van der Waals surface area (Å²) in [7, 11) is 0. The second-order valence-electron chi connectivity index (χ2n) is 5.60. The van der Waals surface area contributed by atoms with Gasteiger partial charge in [0.15, 0.2) is 0 Å². The molecule has 1 heterocycles. The molecule has 19 heavy (non-hydrogen) atoms. The lowest BCUT2D eigenvalue weighted by Gasteiger charge is -2.19. The Labute approximate surface area is 118 Å². The Hall–Kier alpha value is -1.22. The second kappa shape index (κ2) is 5.41. The van der Waals surface area contributed by atoms with Gasteiger partial charge in [0.1, 0.15) is 0 Å². The number of rotatable bonds is 4. The number of halogens is 1. The SMILES string of the molecule is O=C(NCC1CCN(c2ccc(Cl)cc2)C1)C1CC1. The zero-order valence-corrected chi connectivity index (χ0v) is 11.7. The van der Waals surface area contributed by atoms with E-state index in [1.807, 2.05) is 12.1 Å². The molecule has 1 saturated heterocycles. The molecule has 1 atom stereocenters. The average molecular weight is 279 g/mol. The van der Waals surface area contributed by atoms with Crippen LogP contribution in [-0.4, -0.2) is 25.5 Å². The monoisotopic (exact) mass is 278 g/mol. The fourth-order valence-electron chi connectivity index (χ4n) is 2.62. The fraction of sp³-hybridized carbons (Fsp3) is 0.533. The van der Waals surface area contributed by atoms with Crippen molar-refractivity contribution in [2.75, 3.05) is 24.5 Å². The minimum Gasteiger partial charge on any atom is -0.371 e. The van der Waals surface area contributed by atoms with E-state index < -0.39 is 0 Å². The third kappa shape index (κ3) is 3.21. The topological polar surface area (TPSA) is 32.3 Å². The molecule has 0 aromatic heterocycles. The zero-order chi connectivity index (χ0) is 13.2. The normalized spacial score (nSPS) is 22.6. The highest BCUT2D eigenvalue weighted by Gasteiger charge is 2.30. The van der Waals surface area contributed by atoms with E-state index >= 15 is 0 Å². The number of benzene rings is 1. The highest BCUT2D eigenvalue weighted by molar-refractivity contribution is 6.30. The second-order valence-corrected chi connectivity index (χ2v) is 6.03. The molecule has 0 radical (unpaired) electrons. The van der Waals surface area contributed by atoms with Crippen molar-refractivity contribution in [1.82, 2.24) is 5.32 Å². The molecule has 1 aromatic carbocycles. The van der Waals surface area contributed by atoms with Crippen molar-refractivity contribution in [3.8, 4) is 0 Å². The third-order valence-corrected chi connectivity index (χ3v) is 4.24. The molecule has 0 bridgehead atoms. The van der Waals surface area contributed by atoms with E-state index in [2.05, 4.69) is 22.3 Å². The van der Waals surface area contributed by atoms with Gasteiger partial charge in [-0.25, -0.2) is 0 Å². The predicted molar refractivity (Wildman–Crippen MR) is 77.5 cm³/mol. The van der Waals surface area contributed by atoms with E-state index in [4.69, 9.17) is 11.6 Å². The van der Waals surface area contributed by atoms with Gasteiger partial charge in [-0.2, -0.15) is 0 Å². The molecule has 2 fully saturated rings. The summed E-state index contributed by atoms with van der Waals surface area (Å²) in [5, 5.41) is 3.86. The number of hydrogen-bond donors (Lipinski definition) is 1. The minimum atomic E-state index is 0.255. The van der Waals surface area contributed by atoms with Gasteiger partial charge in [-0.3, -0.25) is 4.79 Å². The van der Waals surface area contributed by atoms with E-state index in [0.717, 1.165) is 43.9 Å². The molecule has 1 unspecified atom stereocenters. The van der Waals surface area contributed by atoms with Crippen molar-refractivity contribution in [2.45, 2.75) is 19.3 Å². The minimum absolute atomic E-state index is 0.255. The maximum Gasteiger partial charge on any atom is 0.223 e. The van der Waals surface area contributed by atoms with Gasteiger partial charge >= 0.3 is 0 Å². The summed E-state index contributed by atoms with van der Waals surface area (Å²) in [6.45, 7) is 2.90. The molecule has 1 amide bonds. The summed E-state index contributed by atoms with van der Waals surface area (Å²) < 4.78 is 0. The van der Waals surface area contributed by atoms with Gasteiger partial charge in [0.05, 0.1) is 0 Å². The number of amides is 1. The molecular weight excluding hydrogens is 260 g/mol. The van der Waals surface area contributed by atoms with Crippen LogP contribution in [0.4, 0.5) is 5.69 Å². The third-order valence-electron chi connectivity index (χ3n) is 3.99. The van der Waals surface area contributed by atoms with Gasteiger partial charge in [0, 0.05) is 36.3 Å². The van der Waals surface area contributed by atoms with Crippen molar-refractivity contribution in [1.29, 1.82) is 0 Å². The molecule has 102 valence electrons. The molecule has 3 rings (SSSR count). The lowest BCUT2D eigenvalue weighted by atomic mass is 10.1. The highest BCUT2D eigenvalue weighted by Crippen LogP contribution is 2.29. The molecule has 1 N–H and O–H groups in total. The van der Waals surface area contributed by atoms with Crippen molar-refractivity contribution in [3.63, 3.8) is 0 Å². The van der Waals surface area contributed by atoms with Crippen molar-refractivity contribution in [3.05, 3.63) is 29.3 Å². The molecule has 0 spiro atoms. The van der Waals surface area contributed by atoms with Crippen molar-refractivity contribution < 1.29 is 4.79 Å². The van der Waals surface area contributed by atoms with Crippen molar-refractivity contribution >= 4 is 23.2 Å². The van der Waals surface area contributed by atoms with Gasteiger partial charge in [-0.05, 0) is 49.4 Å². The summed E-state index contributed by atoms with van der Waals surface area (Å²) in [5.74, 6) is 1.14. The van der Waals surface area contributed by atoms with Crippen LogP contribution < -0.4 is 10.2 Å². The van der Waals surface area contributed by atoms with E-state index in [-0.39, 0.29) is 5.91 Å². The average Bonchev–Trinajstić information content (AvgIpc) is 3.16. The molecule has 1 aromatic rings. The Kier molecular flexibility index (Phi) is 3.65. The van der Waals surface area contributed by atoms with Crippen LogP contribution in [0, 0.1) is 11.8 Å². The number of nitrogens with one attached hydrogen (secondary N) is 1. The maximum atomic E-state index is 11.6. The van der Waals surface area contributed by atoms with Crippen LogP contribution in [0.5, 0.6) is 0 Å². The van der Waals surface area contributed by atoms with Gasteiger partial charge in [-0.1, -0.05) is 11.6 Å². The van der Waals surface area contributed by atoms with Crippen molar-refractivity contribution in [2.24, 2.45) is 11.8 Å². The van der Waals surface area contributed by atoms with Gasteiger partial charge in [-0.15, -0.1) is 0 Å². The molecule has 3 nitrogen and oxygen atoms in total. The Morgan fingerprint density at radius 1 is 1.26 bits per heavy atom. The number of carbonyl (C=O) groups excluding carboxylic acids is 1. The summed E-state index contributed by atoms with van der Waals surface area (Å²) in [4.78, 5) is 14.0. The Bertz CT molecular complexity index is 456. The molecule has 4 heteroatoms. The standard InChI is InChI=1S/C15H19ClN2O/c16-13-3-5-14(6-4-13)18-8-7-11(10-18)9-17-15(19)12-1-2-12/h3-6,11-12H,1-2,7-10H2,(H,17,19). The number of anilines is 1. The first kappa shape index (κ1) is 12.8. The van der Waals surface area contributed by atoms with E-state index in [0.29, 0.717) is 11.8 Å². The first-order chi connectivity index (χ1) is 9.22. The van der Waals surface area contributed by atoms with Crippen LogP contribution in [-0.2, 0) is 4.79 Å². The molecule has 1 aliphatic heterocycles. The Balaban J connectivity index is 1.49. The Morgan fingerprint density at radius 3 is 2.68 bits per heavy atom. The van der Waals surface area contributed by atoms with Crippen LogP contribution >= 0.6 is 11.6 Å².